The molecule has 0 saturated heterocycles. The van der Waals surface area contributed by atoms with Gasteiger partial charge >= 0.3 is 0 Å². The summed E-state index contributed by atoms with van der Waals surface area (Å²) in [5.74, 6) is 3.40. The minimum atomic E-state index is 0.171. The van der Waals surface area contributed by atoms with Gasteiger partial charge in [0.05, 0.1) is 0 Å². The molecule has 0 atom stereocenters. The maximum Gasteiger partial charge on any atom is 0.0468 e. The average molecular weight is 706 g/mol. The van der Waals surface area contributed by atoms with Crippen LogP contribution in [-0.4, -0.2) is 0 Å². The molecule has 1 heteroatoms. The largest absolute Gasteiger partial charge is 0.310 e. The maximum absolute atomic E-state index is 2.55. The van der Waals surface area contributed by atoms with Crippen molar-refractivity contribution in [3.8, 4) is 33.4 Å². The van der Waals surface area contributed by atoms with E-state index in [1.165, 1.54) is 104 Å². The quantitative estimate of drug-likeness (QED) is 0.161. The van der Waals surface area contributed by atoms with Crippen molar-refractivity contribution in [3.63, 3.8) is 0 Å². The predicted octanol–water partition coefficient (Wildman–Crippen LogP) is 14.5. The molecule has 1 spiro atoms. The molecule has 8 aromatic carbocycles. The van der Waals surface area contributed by atoms with Gasteiger partial charge in [0.1, 0.15) is 0 Å². The van der Waals surface area contributed by atoms with E-state index in [9.17, 15) is 0 Å². The summed E-state index contributed by atoms with van der Waals surface area (Å²) in [5, 5.41) is 5.14. The number of rotatable bonds is 5. The fourth-order valence-corrected chi connectivity index (χ4v) is 12.2. The van der Waals surface area contributed by atoms with E-state index < -0.39 is 0 Å². The molecule has 13 rings (SSSR count). The topological polar surface area (TPSA) is 3.24 Å². The summed E-state index contributed by atoms with van der Waals surface area (Å²) < 4.78 is 0. The van der Waals surface area contributed by atoms with Gasteiger partial charge in [0.25, 0.3) is 0 Å². The van der Waals surface area contributed by atoms with Crippen LogP contribution in [0.15, 0.2) is 176 Å². The Hall–Kier alpha value is -5.92. The summed E-state index contributed by atoms with van der Waals surface area (Å²) in [7, 11) is 0. The molecule has 0 aliphatic heterocycles. The van der Waals surface area contributed by atoms with Gasteiger partial charge in [0, 0.05) is 22.5 Å². The Morgan fingerprint density at radius 2 is 0.891 bits per heavy atom. The first-order chi connectivity index (χ1) is 27.2. The van der Waals surface area contributed by atoms with Crippen molar-refractivity contribution in [1.29, 1.82) is 0 Å². The Morgan fingerprint density at radius 1 is 0.364 bits per heavy atom. The predicted molar refractivity (Wildman–Crippen MR) is 230 cm³/mol. The third-order valence-electron chi connectivity index (χ3n) is 14.2. The third kappa shape index (κ3) is 4.72. The van der Waals surface area contributed by atoms with Crippen LogP contribution < -0.4 is 4.90 Å². The summed E-state index contributed by atoms with van der Waals surface area (Å²) in [6.07, 6.45) is 7.10. The number of fused-ring (bicyclic) bond motifs is 6. The molecule has 0 unspecified atom stereocenters. The van der Waals surface area contributed by atoms with Gasteiger partial charge in [-0.1, -0.05) is 140 Å². The van der Waals surface area contributed by atoms with Crippen LogP contribution in [0.2, 0.25) is 0 Å². The van der Waals surface area contributed by atoms with E-state index in [4.69, 9.17) is 0 Å². The molecule has 0 aromatic heterocycles. The van der Waals surface area contributed by atoms with Crippen molar-refractivity contribution >= 4 is 38.6 Å². The molecule has 4 saturated carbocycles. The number of hydrogen-bond acceptors (Lipinski definition) is 1. The molecule has 55 heavy (non-hydrogen) atoms. The average Bonchev–Trinajstić information content (AvgIpc) is 3.53. The summed E-state index contributed by atoms with van der Waals surface area (Å²) >= 11 is 0. The summed E-state index contributed by atoms with van der Waals surface area (Å²) in [6.45, 7) is 0. The third-order valence-corrected chi connectivity index (χ3v) is 14.2. The molecular formula is C54H43N. The molecule has 0 N–H and O–H groups in total. The van der Waals surface area contributed by atoms with Crippen molar-refractivity contribution in [2.75, 3.05) is 4.90 Å². The molecule has 5 aliphatic rings. The zero-order valence-electron chi connectivity index (χ0n) is 31.0. The first-order valence-electron chi connectivity index (χ1n) is 20.4. The molecule has 1 nitrogen and oxygen atoms in total. The molecule has 4 fully saturated rings. The lowest BCUT2D eigenvalue weighted by molar-refractivity contribution is -0.0399. The highest BCUT2D eigenvalue weighted by Gasteiger charge is 2.61. The van der Waals surface area contributed by atoms with Gasteiger partial charge in [0.2, 0.25) is 0 Å². The van der Waals surface area contributed by atoms with Crippen LogP contribution in [0.3, 0.4) is 0 Å². The second-order valence-corrected chi connectivity index (χ2v) is 17.0. The minimum absolute atomic E-state index is 0.171. The molecule has 0 amide bonds. The Morgan fingerprint density at radius 3 is 1.64 bits per heavy atom. The fraction of sp³-hybridized carbons (Fsp3) is 0.185. The lowest BCUT2D eigenvalue weighted by Gasteiger charge is -2.61. The van der Waals surface area contributed by atoms with E-state index in [0.717, 1.165) is 23.7 Å². The van der Waals surface area contributed by atoms with Crippen LogP contribution in [0.25, 0.3) is 54.9 Å². The monoisotopic (exact) mass is 705 g/mol. The Balaban J connectivity index is 0.989. The summed E-state index contributed by atoms with van der Waals surface area (Å²) in [6, 6.07) is 66.2. The van der Waals surface area contributed by atoms with Crippen molar-refractivity contribution in [3.05, 3.63) is 187 Å². The number of hydrogen-bond donors (Lipinski definition) is 0. The SMILES string of the molecule is c1ccc(-c2ccc(-c3ccc(N(c4ccc5c(c4)-c4ccccc4C54C5CC6CC(C5)CC4C6)c4ccc5c(ccc6ccccc65)c4)cc3)cc2)cc1. The van der Waals surface area contributed by atoms with Gasteiger partial charge in [-0.2, -0.15) is 0 Å². The zero-order valence-corrected chi connectivity index (χ0v) is 31.0. The van der Waals surface area contributed by atoms with Gasteiger partial charge in [0.15, 0.2) is 0 Å². The van der Waals surface area contributed by atoms with Crippen LogP contribution in [0.1, 0.15) is 43.2 Å². The molecular weight excluding hydrogens is 663 g/mol. The number of nitrogens with zero attached hydrogens (tertiary/aromatic N) is 1. The van der Waals surface area contributed by atoms with E-state index >= 15 is 0 Å². The number of anilines is 3. The Kier molecular flexibility index (Phi) is 6.88. The van der Waals surface area contributed by atoms with Gasteiger partial charge in [-0.25, -0.2) is 0 Å². The van der Waals surface area contributed by atoms with E-state index in [1.54, 1.807) is 11.1 Å². The normalized spacial score (nSPS) is 23.0. The van der Waals surface area contributed by atoms with Crippen molar-refractivity contribution in [1.82, 2.24) is 0 Å². The highest BCUT2D eigenvalue weighted by atomic mass is 15.1. The second-order valence-electron chi connectivity index (χ2n) is 17.0. The van der Waals surface area contributed by atoms with Gasteiger partial charge in [-0.15, -0.1) is 0 Å². The van der Waals surface area contributed by atoms with Crippen LogP contribution >= 0.6 is 0 Å². The van der Waals surface area contributed by atoms with Crippen LogP contribution in [0.5, 0.6) is 0 Å². The molecule has 4 bridgehead atoms. The van der Waals surface area contributed by atoms with Crippen molar-refractivity contribution in [2.45, 2.75) is 37.5 Å². The lowest BCUT2D eigenvalue weighted by atomic mass is 9.43. The maximum atomic E-state index is 2.55. The standard InChI is InChI=1S/C54H43N/c1-2-8-37(9-3-1)38-14-16-39(17-15-38)40-20-22-45(23-21-40)55(46-24-26-49-42(33-46)19-18-41-10-4-5-11-48(41)49)47-25-27-53-51(34-47)50-12-6-7-13-52(50)54(53)43-29-35-28-36(31-43)32-44(54)30-35/h1-27,33-36,43-44H,28-32H2. The first kappa shape index (κ1) is 31.4. The van der Waals surface area contributed by atoms with Crippen molar-refractivity contribution < 1.29 is 0 Å². The van der Waals surface area contributed by atoms with Gasteiger partial charge < -0.3 is 4.90 Å². The highest BCUT2D eigenvalue weighted by Crippen LogP contribution is 2.69. The van der Waals surface area contributed by atoms with E-state index in [1.807, 2.05) is 0 Å². The minimum Gasteiger partial charge on any atom is -0.310 e. The van der Waals surface area contributed by atoms with E-state index in [-0.39, 0.29) is 5.41 Å². The zero-order chi connectivity index (χ0) is 36.1. The smallest absolute Gasteiger partial charge is 0.0468 e. The molecule has 0 heterocycles. The number of benzene rings is 8. The molecule has 264 valence electrons. The van der Waals surface area contributed by atoms with Crippen LogP contribution in [0.4, 0.5) is 17.1 Å². The van der Waals surface area contributed by atoms with Crippen LogP contribution in [0, 0.1) is 23.7 Å². The Bertz CT molecular complexity index is 2730. The lowest BCUT2D eigenvalue weighted by Crippen LogP contribution is -2.55. The highest BCUT2D eigenvalue weighted by molar-refractivity contribution is 6.08. The fourth-order valence-electron chi connectivity index (χ4n) is 12.2. The van der Waals surface area contributed by atoms with E-state index in [2.05, 4.69) is 181 Å². The second kappa shape index (κ2) is 12.0. The summed E-state index contributed by atoms with van der Waals surface area (Å²) in [4.78, 5) is 2.49. The van der Waals surface area contributed by atoms with Crippen molar-refractivity contribution in [2.24, 2.45) is 23.7 Å². The van der Waals surface area contributed by atoms with Crippen LogP contribution in [-0.2, 0) is 5.41 Å². The van der Waals surface area contributed by atoms with Gasteiger partial charge in [-0.05, 0) is 158 Å². The first-order valence-corrected chi connectivity index (χ1v) is 20.4. The molecule has 0 radical (unpaired) electrons. The molecule has 5 aliphatic carbocycles. The van der Waals surface area contributed by atoms with Gasteiger partial charge in [-0.3, -0.25) is 0 Å². The summed E-state index contributed by atoms with van der Waals surface area (Å²) in [5.41, 5.74) is 14.8. The van der Waals surface area contributed by atoms with E-state index in [0.29, 0.717) is 0 Å². The molecule has 8 aromatic rings. The Labute approximate surface area is 323 Å².